The van der Waals surface area contributed by atoms with Crippen LogP contribution in [0.5, 0.6) is 17.2 Å². The van der Waals surface area contributed by atoms with Crippen molar-refractivity contribution < 1.29 is 28.5 Å². The van der Waals surface area contributed by atoms with Crippen molar-refractivity contribution in [2.45, 2.75) is 19.3 Å². The first-order valence-corrected chi connectivity index (χ1v) is 9.24. The number of ether oxygens (including phenoxy) is 3. The molecule has 1 aliphatic rings. The van der Waals surface area contributed by atoms with E-state index in [0.29, 0.717) is 35.6 Å². The van der Waals surface area contributed by atoms with Crippen molar-refractivity contribution in [1.82, 2.24) is 4.98 Å². The molecule has 30 heavy (non-hydrogen) atoms. The number of hydrogen-bond acceptors (Lipinski definition) is 8. The van der Waals surface area contributed by atoms with Crippen LogP contribution in [-0.4, -0.2) is 36.4 Å². The van der Waals surface area contributed by atoms with Gasteiger partial charge in [-0.3, -0.25) is 9.59 Å². The Balaban J connectivity index is 1.92. The van der Waals surface area contributed by atoms with Crippen molar-refractivity contribution in [2.24, 2.45) is 0 Å². The van der Waals surface area contributed by atoms with Gasteiger partial charge in [0.15, 0.2) is 11.5 Å². The third-order valence-corrected chi connectivity index (χ3v) is 4.95. The molecule has 0 fully saturated rings. The van der Waals surface area contributed by atoms with Crippen molar-refractivity contribution in [3.63, 3.8) is 0 Å². The van der Waals surface area contributed by atoms with Crippen LogP contribution in [0, 0.1) is 6.92 Å². The lowest BCUT2D eigenvalue weighted by Gasteiger charge is -2.20. The molecule has 156 valence electrons. The Bertz CT molecular complexity index is 1260. The van der Waals surface area contributed by atoms with E-state index in [2.05, 4.69) is 4.98 Å². The highest BCUT2D eigenvalue weighted by Crippen LogP contribution is 2.36. The van der Waals surface area contributed by atoms with E-state index in [1.54, 1.807) is 18.2 Å². The Morgan fingerprint density at radius 1 is 1.17 bits per heavy atom. The van der Waals surface area contributed by atoms with Crippen LogP contribution >= 0.6 is 0 Å². The number of carbonyl (C=O) groups is 1. The van der Waals surface area contributed by atoms with Gasteiger partial charge < -0.3 is 28.7 Å². The molecule has 0 saturated carbocycles. The molecule has 1 aliphatic heterocycles. The van der Waals surface area contributed by atoms with E-state index >= 15 is 0 Å². The van der Waals surface area contributed by atoms with Crippen molar-refractivity contribution in [3.8, 4) is 17.2 Å². The molecular formula is C21H19NO8. The molecule has 1 atom stereocenters. The number of methoxy groups -OCH3 is 1. The molecule has 0 radical (unpaired) electrons. The standard InChI is InChI=1S/C21H19NO8/c1-10-5-15(23)19(21(26)30-10)12(8-18(24)27-2)13-6-11-7-16-17(29-4-3-28-16)9-14(11)22-20(13)25/h5-7,9,12,23H,3-4,8H2,1-2H3,(H,22,25)/t12-/m0/s1. The summed E-state index contributed by atoms with van der Waals surface area (Å²) in [5, 5.41) is 11.0. The Morgan fingerprint density at radius 3 is 2.53 bits per heavy atom. The average molecular weight is 413 g/mol. The van der Waals surface area contributed by atoms with E-state index < -0.39 is 23.1 Å². The molecule has 0 spiro atoms. The Hall–Kier alpha value is -3.75. The predicted molar refractivity (Wildman–Crippen MR) is 105 cm³/mol. The lowest BCUT2D eigenvalue weighted by molar-refractivity contribution is -0.140. The summed E-state index contributed by atoms with van der Waals surface area (Å²) in [5.74, 6) is -0.848. The van der Waals surface area contributed by atoms with Gasteiger partial charge in [-0.1, -0.05) is 0 Å². The minimum atomic E-state index is -1.07. The number of aryl methyl sites for hydroxylation is 1. The van der Waals surface area contributed by atoms with Crippen LogP contribution in [0.2, 0.25) is 0 Å². The Morgan fingerprint density at radius 2 is 1.87 bits per heavy atom. The van der Waals surface area contributed by atoms with Gasteiger partial charge in [-0.05, 0) is 19.1 Å². The van der Waals surface area contributed by atoms with Crippen LogP contribution in [0.3, 0.4) is 0 Å². The summed E-state index contributed by atoms with van der Waals surface area (Å²) >= 11 is 0. The van der Waals surface area contributed by atoms with Gasteiger partial charge >= 0.3 is 11.6 Å². The summed E-state index contributed by atoms with van der Waals surface area (Å²) in [7, 11) is 1.20. The van der Waals surface area contributed by atoms with Crippen LogP contribution in [0.4, 0.5) is 0 Å². The van der Waals surface area contributed by atoms with Crippen molar-refractivity contribution in [1.29, 1.82) is 0 Å². The fourth-order valence-electron chi connectivity index (χ4n) is 3.56. The number of pyridine rings is 1. The number of rotatable bonds is 4. The molecule has 0 unspecified atom stereocenters. The van der Waals surface area contributed by atoms with Crippen LogP contribution in [0.25, 0.3) is 10.9 Å². The van der Waals surface area contributed by atoms with Crippen LogP contribution in [0.1, 0.15) is 29.2 Å². The second-order valence-corrected chi connectivity index (χ2v) is 6.91. The van der Waals surface area contributed by atoms with Crippen LogP contribution in [0.15, 0.2) is 38.3 Å². The molecule has 3 aromatic rings. The van der Waals surface area contributed by atoms with Gasteiger partial charge in [0.1, 0.15) is 24.7 Å². The maximum Gasteiger partial charge on any atom is 0.343 e. The number of hydrogen-bond donors (Lipinski definition) is 2. The SMILES string of the molecule is COC(=O)C[C@@H](c1cc2cc3c(cc2[nH]c1=O)OCCO3)c1c(O)cc(C)oc1=O. The van der Waals surface area contributed by atoms with Gasteiger partial charge in [-0.2, -0.15) is 0 Å². The van der Waals surface area contributed by atoms with E-state index in [4.69, 9.17) is 18.6 Å². The molecule has 1 aromatic carbocycles. The average Bonchev–Trinajstić information content (AvgIpc) is 2.70. The summed E-state index contributed by atoms with van der Waals surface area (Å²) in [6, 6.07) is 6.18. The zero-order valence-electron chi connectivity index (χ0n) is 16.3. The number of benzene rings is 1. The second-order valence-electron chi connectivity index (χ2n) is 6.91. The minimum absolute atomic E-state index is 0.107. The summed E-state index contributed by atoms with van der Waals surface area (Å²) in [4.78, 5) is 40.1. The largest absolute Gasteiger partial charge is 0.507 e. The Kier molecular flexibility index (Phi) is 4.94. The Labute approximate surface area is 169 Å². The molecule has 0 aliphatic carbocycles. The maximum absolute atomic E-state index is 12.9. The first kappa shape index (κ1) is 19.6. The molecule has 9 nitrogen and oxygen atoms in total. The maximum atomic E-state index is 12.9. The summed E-state index contributed by atoms with van der Waals surface area (Å²) in [6.45, 7) is 2.32. The van der Waals surface area contributed by atoms with Gasteiger partial charge in [0.2, 0.25) is 0 Å². The van der Waals surface area contributed by atoms with E-state index in [-0.39, 0.29) is 29.1 Å². The zero-order chi connectivity index (χ0) is 21.4. The molecule has 3 heterocycles. The quantitative estimate of drug-likeness (QED) is 0.621. The first-order chi connectivity index (χ1) is 14.4. The third kappa shape index (κ3) is 3.49. The van der Waals surface area contributed by atoms with Crippen molar-refractivity contribution in [2.75, 3.05) is 20.3 Å². The number of carbonyl (C=O) groups excluding carboxylic acids is 1. The number of nitrogens with one attached hydrogen (secondary N) is 1. The normalized spacial score (nSPS) is 13.8. The van der Waals surface area contributed by atoms with Crippen molar-refractivity contribution >= 4 is 16.9 Å². The molecule has 2 aromatic heterocycles. The fraction of sp³-hybridized carbons (Fsp3) is 0.286. The molecular weight excluding hydrogens is 394 g/mol. The molecule has 0 saturated heterocycles. The number of aromatic nitrogens is 1. The number of H-pyrrole nitrogens is 1. The molecule has 0 bridgehead atoms. The first-order valence-electron chi connectivity index (χ1n) is 9.24. The highest BCUT2D eigenvalue weighted by Gasteiger charge is 2.29. The number of fused-ring (bicyclic) bond motifs is 2. The van der Waals surface area contributed by atoms with Crippen molar-refractivity contribution in [3.05, 3.63) is 61.9 Å². The van der Waals surface area contributed by atoms with E-state index in [1.165, 1.54) is 20.1 Å². The summed E-state index contributed by atoms with van der Waals surface area (Å²) < 4.78 is 20.9. The summed E-state index contributed by atoms with van der Waals surface area (Å²) in [5.41, 5.74) is -0.926. The van der Waals surface area contributed by atoms with Gasteiger partial charge in [0, 0.05) is 29.0 Å². The monoisotopic (exact) mass is 413 g/mol. The lowest BCUT2D eigenvalue weighted by atomic mass is 9.89. The number of aromatic amines is 1. The lowest BCUT2D eigenvalue weighted by Crippen LogP contribution is -2.24. The molecule has 2 N–H and O–H groups in total. The highest BCUT2D eigenvalue weighted by molar-refractivity contribution is 5.83. The second kappa shape index (κ2) is 7.58. The third-order valence-electron chi connectivity index (χ3n) is 4.95. The van der Waals surface area contributed by atoms with E-state index in [0.717, 1.165) is 0 Å². The summed E-state index contributed by atoms with van der Waals surface area (Å²) in [6.07, 6.45) is -0.336. The van der Waals surface area contributed by atoms with Crippen LogP contribution < -0.4 is 20.7 Å². The van der Waals surface area contributed by atoms with Gasteiger partial charge in [0.05, 0.1) is 24.6 Å². The minimum Gasteiger partial charge on any atom is -0.507 e. The van der Waals surface area contributed by atoms with Gasteiger partial charge in [-0.15, -0.1) is 0 Å². The number of aromatic hydroxyl groups is 1. The van der Waals surface area contributed by atoms with E-state index in [9.17, 15) is 19.5 Å². The fourth-order valence-corrected chi connectivity index (χ4v) is 3.56. The molecule has 4 rings (SSSR count). The topological polar surface area (TPSA) is 128 Å². The molecule has 0 amide bonds. The van der Waals surface area contributed by atoms with Gasteiger partial charge in [0.25, 0.3) is 5.56 Å². The number of esters is 1. The van der Waals surface area contributed by atoms with Crippen LogP contribution in [-0.2, 0) is 9.53 Å². The van der Waals surface area contributed by atoms with E-state index in [1.807, 2.05) is 0 Å². The zero-order valence-corrected chi connectivity index (χ0v) is 16.3. The highest BCUT2D eigenvalue weighted by atomic mass is 16.6. The smallest absolute Gasteiger partial charge is 0.343 e. The predicted octanol–water partition coefficient (Wildman–Crippen LogP) is 1.96. The van der Waals surface area contributed by atoms with Gasteiger partial charge in [-0.25, -0.2) is 4.79 Å². The molecule has 9 heteroatoms.